The van der Waals surface area contributed by atoms with Gasteiger partial charge in [-0.15, -0.1) is 0 Å². The molecule has 1 heteroatoms. The molecule has 108 valence electrons. The van der Waals surface area contributed by atoms with Crippen molar-refractivity contribution in [2.45, 2.75) is 84.5 Å². The van der Waals surface area contributed by atoms with E-state index >= 15 is 0 Å². The Hall–Kier alpha value is -0.0400. The van der Waals surface area contributed by atoms with Crippen molar-refractivity contribution in [2.24, 2.45) is 5.92 Å². The van der Waals surface area contributed by atoms with Crippen molar-refractivity contribution in [2.75, 3.05) is 19.6 Å². The molecule has 0 aromatic rings. The predicted octanol–water partition coefficient (Wildman–Crippen LogP) is 5.25. The van der Waals surface area contributed by atoms with E-state index in [1.807, 2.05) is 0 Å². The summed E-state index contributed by atoms with van der Waals surface area (Å²) in [6, 6.07) is 0. The maximum Gasteiger partial charge on any atom is -0.00161 e. The molecule has 0 aliphatic carbocycles. The van der Waals surface area contributed by atoms with E-state index in [0.717, 1.165) is 5.92 Å². The van der Waals surface area contributed by atoms with Crippen molar-refractivity contribution in [1.82, 2.24) is 4.90 Å². The van der Waals surface area contributed by atoms with E-state index < -0.39 is 0 Å². The van der Waals surface area contributed by atoms with Crippen LogP contribution >= 0.6 is 0 Å². The number of rotatable bonds is 10. The first kappa shape index (κ1) is 16.0. The summed E-state index contributed by atoms with van der Waals surface area (Å²) in [7, 11) is 0. The third kappa shape index (κ3) is 7.41. The van der Waals surface area contributed by atoms with Crippen molar-refractivity contribution in [1.29, 1.82) is 0 Å². The van der Waals surface area contributed by atoms with Gasteiger partial charge in [0.15, 0.2) is 0 Å². The summed E-state index contributed by atoms with van der Waals surface area (Å²) in [6.45, 7) is 8.75. The van der Waals surface area contributed by atoms with Crippen LogP contribution in [0, 0.1) is 5.92 Å². The fraction of sp³-hybridized carbons (Fsp3) is 1.00. The van der Waals surface area contributed by atoms with Crippen molar-refractivity contribution in [3.8, 4) is 0 Å². The lowest BCUT2D eigenvalue weighted by Gasteiger charge is -2.31. The van der Waals surface area contributed by atoms with Gasteiger partial charge in [0, 0.05) is 0 Å². The van der Waals surface area contributed by atoms with Crippen molar-refractivity contribution >= 4 is 0 Å². The first-order chi connectivity index (χ1) is 8.86. The first-order valence-electron chi connectivity index (χ1n) is 8.59. The van der Waals surface area contributed by atoms with Crippen LogP contribution in [0.2, 0.25) is 0 Å². The molecule has 1 aliphatic heterocycles. The van der Waals surface area contributed by atoms with E-state index in [4.69, 9.17) is 0 Å². The molecule has 1 fully saturated rings. The van der Waals surface area contributed by atoms with E-state index in [2.05, 4.69) is 18.7 Å². The van der Waals surface area contributed by atoms with Crippen molar-refractivity contribution in [3.05, 3.63) is 0 Å². The maximum absolute atomic E-state index is 2.70. The van der Waals surface area contributed by atoms with Crippen LogP contribution in [0.1, 0.15) is 84.5 Å². The molecule has 0 N–H and O–H groups in total. The number of hydrogen-bond acceptors (Lipinski definition) is 1. The first-order valence-corrected chi connectivity index (χ1v) is 8.59. The highest BCUT2D eigenvalue weighted by molar-refractivity contribution is 4.71. The molecule has 1 aliphatic rings. The average molecular weight is 253 g/mol. The minimum absolute atomic E-state index is 1.03. The molecule has 1 rings (SSSR count). The zero-order valence-corrected chi connectivity index (χ0v) is 12.9. The van der Waals surface area contributed by atoms with Gasteiger partial charge in [-0.1, -0.05) is 65.2 Å². The number of nitrogens with zero attached hydrogens (tertiary/aromatic N) is 1. The highest BCUT2D eigenvalue weighted by atomic mass is 15.1. The molecule has 0 amide bonds. The van der Waals surface area contributed by atoms with Gasteiger partial charge < -0.3 is 4.90 Å². The molecule has 1 saturated heterocycles. The zero-order chi connectivity index (χ0) is 13.1. The molecular formula is C17H35N. The van der Waals surface area contributed by atoms with Crippen LogP contribution in [0.5, 0.6) is 0 Å². The predicted molar refractivity (Wildman–Crippen MR) is 82.1 cm³/mol. The molecule has 0 radical (unpaired) electrons. The second kappa shape index (κ2) is 10.8. The van der Waals surface area contributed by atoms with E-state index in [0.29, 0.717) is 0 Å². The third-order valence-electron chi connectivity index (χ3n) is 4.61. The molecule has 0 saturated carbocycles. The molecule has 0 atom stereocenters. The number of piperidine rings is 1. The summed E-state index contributed by atoms with van der Waals surface area (Å²) in [5, 5.41) is 0. The smallest absolute Gasteiger partial charge is 0.00161 e. The van der Waals surface area contributed by atoms with Gasteiger partial charge in [-0.2, -0.15) is 0 Å². The molecule has 1 heterocycles. The Kier molecular flexibility index (Phi) is 9.65. The molecule has 0 aromatic carbocycles. The minimum atomic E-state index is 1.03. The Balaban J connectivity index is 1.84. The number of unbranched alkanes of at least 4 members (excludes halogenated alkanes) is 7. The quantitative estimate of drug-likeness (QED) is 0.481. The van der Waals surface area contributed by atoms with Gasteiger partial charge in [0.25, 0.3) is 0 Å². The SMILES string of the molecule is CCCCCCCCCCN1CCC(CC)CC1. The van der Waals surface area contributed by atoms with E-state index in [1.165, 1.54) is 90.3 Å². The Labute approximate surface area is 115 Å². The van der Waals surface area contributed by atoms with Crippen LogP contribution in [-0.2, 0) is 0 Å². The van der Waals surface area contributed by atoms with E-state index in [9.17, 15) is 0 Å². The Morgan fingerprint density at radius 2 is 1.33 bits per heavy atom. The lowest BCUT2D eigenvalue weighted by Crippen LogP contribution is -2.34. The van der Waals surface area contributed by atoms with E-state index in [-0.39, 0.29) is 0 Å². The summed E-state index contributed by atoms with van der Waals surface area (Å²) in [5.41, 5.74) is 0. The monoisotopic (exact) mass is 253 g/mol. The second-order valence-corrected chi connectivity index (χ2v) is 6.17. The van der Waals surface area contributed by atoms with E-state index in [1.54, 1.807) is 0 Å². The summed E-state index contributed by atoms with van der Waals surface area (Å²) >= 11 is 0. The fourth-order valence-electron chi connectivity index (χ4n) is 3.09. The van der Waals surface area contributed by atoms with Gasteiger partial charge in [-0.3, -0.25) is 0 Å². The van der Waals surface area contributed by atoms with Crippen LogP contribution in [0.15, 0.2) is 0 Å². The highest BCUT2D eigenvalue weighted by Crippen LogP contribution is 2.20. The summed E-state index contributed by atoms with van der Waals surface area (Å²) in [6.07, 6.45) is 15.9. The van der Waals surface area contributed by atoms with Crippen LogP contribution in [-0.4, -0.2) is 24.5 Å². The number of hydrogen-bond donors (Lipinski definition) is 0. The summed E-state index contributed by atoms with van der Waals surface area (Å²) < 4.78 is 0. The Morgan fingerprint density at radius 3 is 1.89 bits per heavy atom. The molecular weight excluding hydrogens is 218 g/mol. The largest absolute Gasteiger partial charge is 0.303 e. The summed E-state index contributed by atoms with van der Waals surface area (Å²) in [4.78, 5) is 2.70. The maximum atomic E-state index is 2.70. The molecule has 0 aromatic heterocycles. The minimum Gasteiger partial charge on any atom is -0.303 e. The van der Waals surface area contributed by atoms with Gasteiger partial charge >= 0.3 is 0 Å². The third-order valence-corrected chi connectivity index (χ3v) is 4.61. The second-order valence-electron chi connectivity index (χ2n) is 6.17. The fourth-order valence-corrected chi connectivity index (χ4v) is 3.09. The molecule has 0 spiro atoms. The van der Waals surface area contributed by atoms with Crippen LogP contribution in [0.25, 0.3) is 0 Å². The van der Waals surface area contributed by atoms with Crippen LogP contribution in [0.3, 0.4) is 0 Å². The highest BCUT2D eigenvalue weighted by Gasteiger charge is 2.16. The molecule has 0 bridgehead atoms. The standard InChI is InChI=1S/C17H35N/c1-3-5-6-7-8-9-10-11-14-18-15-12-17(4-2)13-16-18/h17H,3-16H2,1-2H3. The lowest BCUT2D eigenvalue weighted by atomic mass is 9.94. The van der Waals surface area contributed by atoms with Gasteiger partial charge in [-0.05, 0) is 44.8 Å². The van der Waals surface area contributed by atoms with Crippen molar-refractivity contribution < 1.29 is 0 Å². The van der Waals surface area contributed by atoms with Gasteiger partial charge in [0.05, 0.1) is 0 Å². The van der Waals surface area contributed by atoms with Gasteiger partial charge in [-0.25, -0.2) is 0 Å². The van der Waals surface area contributed by atoms with Crippen LogP contribution in [0.4, 0.5) is 0 Å². The lowest BCUT2D eigenvalue weighted by molar-refractivity contribution is 0.179. The molecule has 1 nitrogen and oxygen atoms in total. The normalized spacial score (nSPS) is 18.3. The van der Waals surface area contributed by atoms with Crippen molar-refractivity contribution in [3.63, 3.8) is 0 Å². The summed E-state index contributed by atoms with van der Waals surface area (Å²) in [5.74, 6) is 1.03. The zero-order valence-electron chi connectivity index (χ0n) is 12.9. The van der Waals surface area contributed by atoms with Crippen LogP contribution < -0.4 is 0 Å². The molecule has 18 heavy (non-hydrogen) atoms. The van der Waals surface area contributed by atoms with Gasteiger partial charge in [0.2, 0.25) is 0 Å². The number of likely N-dealkylation sites (tertiary alicyclic amines) is 1. The Bertz CT molecular complexity index is 170. The topological polar surface area (TPSA) is 3.24 Å². The van der Waals surface area contributed by atoms with Gasteiger partial charge in [0.1, 0.15) is 0 Å². The molecule has 0 unspecified atom stereocenters. The Morgan fingerprint density at radius 1 is 0.778 bits per heavy atom. The average Bonchev–Trinajstić information content (AvgIpc) is 2.42.